The minimum atomic E-state index is -0.866. The van der Waals surface area contributed by atoms with Crippen molar-refractivity contribution in [3.63, 3.8) is 0 Å². The Morgan fingerprint density at radius 2 is 2.03 bits per heavy atom. The van der Waals surface area contributed by atoms with Crippen LogP contribution >= 0.6 is 11.8 Å². The molecule has 1 aliphatic heterocycles. The first-order valence-electron chi connectivity index (χ1n) is 10.6. The maximum absolute atomic E-state index is 14.7. The van der Waals surface area contributed by atoms with Gasteiger partial charge in [0.2, 0.25) is 5.91 Å². The first-order valence-corrected chi connectivity index (χ1v) is 11.4. The quantitative estimate of drug-likeness (QED) is 0.423. The number of unbranched alkanes of at least 4 members (excludes halogenated alkanes) is 1. The smallest absolute Gasteiger partial charge is 0.241 e. The molecule has 1 heterocycles. The van der Waals surface area contributed by atoms with Crippen LogP contribution in [0.4, 0.5) is 8.78 Å². The molecule has 0 bridgehead atoms. The molecule has 0 saturated carbocycles. The third-order valence-electron chi connectivity index (χ3n) is 5.66. The number of hydrazone groups is 1. The average molecular weight is 443 g/mol. The SMILES string of the molecule is C=CCC(CCCC)C1(c2ccccc2C)SC(c2cc(F)ccc2F)=NN1C(C)=O. The summed E-state index contributed by atoms with van der Waals surface area (Å²) in [6.07, 6.45) is 5.36. The lowest BCUT2D eigenvalue weighted by Gasteiger charge is -2.42. The van der Waals surface area contributed by atoms with Crippen LogP contribution in [0.15, 0.2) is 60.2 Å². The summed E-state index contributed by atoms with van der Waals surface area (Å²) in [4.78, 5) is 12.0. The maximum Gasteiger partial charge on any atom is 0.241 e. The molecule has 0 saturated heterocycles. The van der Waals surface area contributed by atoms with Gasteiger partial charge in [-0.3, -0.25) is 4.79 Å². The van der Waals surface area contributed by atoms with E-state index < -0.39 is 16.5 Å². The Morgan fingerprint density at radius 1 is 1.29 bits per heavy atom. The van der Waals surface area contributed by atoms with E-state index in [9.17, 15) is 13.6 Å². The van der Waals surface area contributed by atoms with Gasteiger partial charge in [-0.25, -0.2) is 13.8 Å². The summed E-state index contributed by atoms with van der Waals surface area (Å²) in [6.45, 7) is 9.53. The van der Waals surface area contributed by atoms with Gasteiger partial charge in [-0.1, -0.05) is 61.9 Å². The fourth-order valence-corrected chi connectivity index (χ4v) is 5.85. The lowest BCUT2D eigenvalue weighted by atomic mass is 9.83. The van der Waals surface area contributed by atoms with Gasteiger partial charge in [0, 0.05) is 18.4 Å². The van der Waals surface area contributed by atoms with Crippen molar-refractivity contribution in [2.24, 2.45) is 11.0 Å². The number of thioether (sulfide) groups is 1. The third kappa shape index (κ3) is 4.45. The Kier molecular flexibility index (Phi) is 7.31. The molecule has 3 rings (SSSR count). The Morgan fingerprint density at radius 3 is 2.68 bits per heavy atom. The highest BCUT2D eigenvalue weighted by Crippen LogP contribution is 2.55. The van der Waals surface area contributed by atoms with Crippen LogP contribution in [0.2, 0.25) is 0 Å². The van der Waals surface area contributed by atoms with Gasteiger partial charge in [0.15, 0.2) is 0 Å². The van der Waals surface area contributed by atoms with Gasteiger partial charge in [0.1, 0.15) is 21.5 Å². The Bertz CT molecular complexity index is 1010. The van der Waals surface area contributed by atoms with Crippen molar-refractivity contribution in [2.75, 3.05) is 0 Å². The molecule has 0 aliphatic carbocycles. The van der Waals surface area contributed by atoms with Crippen molar-refractivity contribution >= 4 is 22.7 Å². The van der Waals surface area contributed by atoms with Crippen LogP contribution in [0.3, 0.4) is 0 Å². The van der Waals surface area contributed by atoms with E-state index in [0.29, 0.717) is 11.5 Å². The topological polar surface area (TPSA) is 32.7 Å². The lowest BCUT2D eigenvalue weighted by molar-refractivity contribution is -0.133. The van der Waals surface area contributed by atoms with Crippen LogP contribution in [-0.4, -0.2) is 16.0 Å². The number of carbonyl (C=O) groups is 1. The van der Waals surface area contributed by atoms with E-state index in [1.165, 1.54) is 23.7 Å². The van der Waals surface area contributed by atoms with E-state index in [4.69, 9.17) is 0 Å². The summed E-state index contributed by atoms with van der Waals surface area (Å²) >= 11 is 1.34. The predicted molar refractivity (Wildman–Crippen MR) is 124 cm³/mol. The molecule has 1 amide bonds. The first kappa shape index (κ1) is 23.2. The second-order valence-electron chi connectivity index (χ2n) is 7.84. The van der Waals surface area contributed by atoms with Crippen LogP contribution in [0.1, 0.15) is 56.2 Å². The van der Waals surface area contributed by atoms with E-state index in [1.807, 2.05) is 37.3 Å². The number of amides is 1. The minimum Gasteiger partial charge on any atom is -0.273 e. The van der Waals surface area contributed by atoms with Gasteiger partial charge in [-0.2, -0.15) is 5.10 Å². The van der Waals surface area contributed by atoms with Crippen LogP contribution < -0.4 is 0 Å². The number of aryl methyl sites for hydroxylation is 1. The molecule has 164 valence electrons. The molecule has 0 radical (unpaired) electrons. The molecular weight excluding hydrogens is 414 g/mol. The molecule has 1 aliphatic rings. The van der Waals surface area contributed by atoms with Crippen molar-refractivity contribution in [2.45, 2.75) is 51.3 Å². The third-order valence-corrected chi connectivity index (χ3v) is 7.19. The maximum atomic E-state index is 14.7. The molecular formula is C25H28F2N2OS. The number of carbonyl (C=O) groups excluding carboxylic acids is 1. The van der Waals surface area contributed by atoms with Gasteiger partial charge in [-0.05, 0) is 49.1 Å². The highest BCUT2D eigenvalue weighted by molar-refractivity contribution is 8.15. The van der Waals surface area contributed by atoms with Gasteiger partial charge in [0.05, 0.1) is 0 Å². The normalized spacial score (nSPS) is 19.3. The zero-order valence-corrected chi connectivity index (χ0v) is 19.0. The Balaban J connectivity index is 2.24. The fourth-order valence-electron chi connectivity index (χ4n) is 4.20. The molecule has 31 heavy (non-hydrogen) atoms. The second kappa shape index (κ2) is 9.77. The molecule has 0 spiro atoms. The van der Waals surface area contributed by atoms with Crippen LogP contribution in [0.25, 0.3) is 0 Å². The first-order chi connectivity index (χ1) is 14.8. The van der Waals surface area contributed by atoms with Crippen molar-refractivity contribution < 1.29 is 13.6 Å². The van der Waals surface area contributed by atoms with Crippen molar-refractivity contribution in [1.82, 2.24) is 5.01 Å². The van der Waals surface area contributed by atoms with E-state index in [1.54, 1.807) is 0 Å². The lowest BCUT2D eigenvalue weighted by Crippen LogP contribution is -2.46. The van der Waals surface area contributed by atoms with Crippen LogP contribution in [0, 0.1) is 24.5 Å². The number of hydrogen-bond donors (Lipinski definition) is 0. The second-order valence-corrected chi connectivity index (χ2v) is 9.05. The van der Waals surface area contributed by atoms with Gasteiger partial charge in [-0.15, -0.1) is 6.58 Å². The number of benzene rings is 2. The summed E-state index contributed by atoms with van der Waals surface area (Å²) in [5.74, 6) is -1.35. The molecule has 2 aromatic carbocycles. The summed E-state index contributed by atoms with van der Waals surface area (Å²) in [5, 5.41) is 6.35. The minimum absolute atomic E-state index is 0.00202. The number of allylic oxidation sites excluding steroid dienone is 1. The monoisotopic (exact) mass is 442 g/mol. The number of hydrogen-bond acceptors (Lipinski definition) is 3. The molecule has 2 aromatic rings. The van der Waals surface area contributed by atoms with E-state index in [-0.39, 0.29) is 17.4 Å². The van der Waals surface area contributed by atoms with Crippen LogP contribution in [-0.2, 0) is 9.67 Å². The van der Waals surface area contributed by atoms with Crippen molar-refractivity contribution in [3.8, 4) is 0 Å². The predicted octanol–water partition coefficient (Wildman–Crippen LogP) is 6.77. The summed E-state index contributed by atoms with van der Waals surface area (Å²) in [6, 6.07) is 11.2. The molecule has 6 heteroatoms. The number of halogens is 2. The van der Waals surface area contributed by atoms with Gasteiger partial charge >= 0.3 is 0 Å². The highest BCUT2D eigenvalue weighted by Gasteiger charge is 2.53. The van der Waals surface area contributed by atoms with Crippen molar-refractivity contribution in [1.29, 1.82) is 0 Å². The Hall–Kier alpha value is -2.47. The number of nitrogens with zero attached hydrogens (tertiary/aromatic N) is 2. The Labute approximate surface area is 187 Å². The fraction of sp³-hybridized carbons (Fsp3) is 0.360. The van der Waals surface area contributed by atoms with E-state index in [2.05, 4.69) is 18.6 Å². The van der Waals surface area contributed by atoms with Crippen LogP contribution in [0.5, 0.6) is 0 Å². The molecule has 3 nitrogen and oxygen atoms in total. The summed E-state index contributed by atoms with van der Waals surface area (Å²) in [5.41, 5.74) is 2.04. The number of rotatable bonds is 8. The molecule has 0 fully saturated rings. The van der Waals surface area contributed by atoms with Crippen molar-refractivity contribution in [3.05, 3.63) is 83.4 Å². The van der Waals surface area contributed by atoms with Gasteiger partial charge < -0.3 is 0 Å². The van der Waals surface area contributed by atoms with E-state index in [0.717, 1.165) is 48.6 Å². The van der Waals surface area contributed by atoms with Gasteiger partial charge in [0.25, 0.3) is 0 Å². The average Bonchev–Trinajstić information content (AvgIpc) is 3.14. The van der Waals surface area contributed by atoms with E-state index >= 15 is 0 Å². The molecule has 0 N–H and O–H groups in total. The highest BCUT2D eigenvalue weighted by atomic mass is 32.2. The molecule has 0 aromatic heterocycles. The summed E-state index contributed by atoms with van der Waals surface area (Å²) in [7, 11) is 0. The largest absolute Gasteiger partial charge is 0.273 e. The molecule has 2 atom stereocenters. The zero-order chi connectivity index (χ0) is 22.6. The molecule has 2 unspecified atom stereocenters. The zero-order valence-electron chi connectivity index (χ0n) is 18.2. The summed E-state index contributed by atoms with van der Waals surface area (Å²) < 4.78 is 28.6. The standard InChI is InChI=1S/C25H28F2N2OS/c1-5-7-12-19(10-6-2)25(22-13-9-8-11-17(22)3)29(18(4)30)28-24(31-25)21-16-20(26)14-15-23(21)27/h6,8-9,11,13-16,19H,2,5,7,10,12H2,1,3-4H3.